The molecule has 2 heterocycles. The molecule has 90 valence electrons. The highest BCUT2D eigenvalue weighted by molar-refractivity contribution is 6.32. The summed E-state index contributed by atoms with van der Waals surface area (Å²) in [7, 11) is 0. The van der Waals surface area contributed by atoms with Crippen LogP contribution in [0.3, 0.4) is 0 Å². The van der Waals surface area contributed by atoms with Crippen LogP contribution in [-0.2, 0) is 6.42 Å². The molecule has 0 saturated carbocycles. The van der Waals surface area contributed by atoms with Crippen molar-refractivity contribution in [2.75, 3.05) is 11.9 Å². The van der Waals surface area contributed by atoms with Gasteiger partial charge < -0.3 is 9.84 Å². The van der Waals surface area contributed by atoms with Crippen LogP contribution in [0.15, 0.2) is 4.52 Å². The number of halogens is 2. The number of anilines is 1. The zero-order chi connectivity index (χ0) is 12.3. The molecule has 7 nitrogen and oxygen atoms in total. The number of hydrogen-bond donors (Lipinski definition) is 1. The van der Waals surface area contributed by atoms with Crippen LogP contribution in [0.1, 0.15) is 11.7 Å². The highest BCUT2D eigenvalue weighted by Gasteiger charge is 2.07. The smallest absolute Gasteiger partial charge is 0.245 e. The lowest BCUT2D eigenvalue weighted by molar-refractivity contribution is 0.377. The Morgan fingerprint density at radius 1 is 1.24 bits per heavy atom. The molecule has 0 amide bonds. The molecule has 0 aromatic carbocycles. The lowest BCUT2D eigenvalue weighted by Gasteiger charge is -2.03. The summed E-state index contributed by atoms with van der Waals surface area (Å²) < 4.78 is 4.95. The van der Waals surface area contributed by atoms with Crippen molar-refractivity contribution in [2.45, 2.75) is 13.3 Å². The maximum Gasteiger partial charge on any atom is 0.245 e. The van der Waals surface area contributed by atoms with Gasteiger partial charge in [-0.15, -0.1) is 10.2 Å². The number of nitrogens with zero attached hydrogens (tertiary/aromatic N) is 5. The van der Waals surface area contributed by atoms with E-state index in [4.69, 9.17) is 27.7 Å². The first-order valence-corrected chi connectivity index (χ1v) is 5.49. The summed E-state index contributed by atoms with van der Waals surface area (Å²) in [6.07, 6.45) is 0.554. The molecule has 0 unspecified atom stereocenters. The van der Waals surface area contributed by atoms with Gasteiger partial charge in [0, 0.05) is 13.0 Å². The molecular weight excluding hydrogens is 267 g/mol. The third-order valence-corrected chi connectivity index (χ3v) is 2.24. The van der Waals surface area contributed by atoms with Gasteiger partial charge in [0.1, 0.15) is 0 Å². The summed E-state index contributed by atoms with van der Waals surface area (Å²) in [4.78, 5) is 7.95. The molecule has 0 aliphatic rings. The molecule has 0 saturated heterocycles. The Labute approximate surface area is 107 Å². The van der Waals surface area contributed by atoms with Crippen LogP contribution in [-0.4, -0.2) is 31.9 Å². The summed E-state index contributed by atoms with van der Waals surface area (Å²) in [6, 6.07) is 0. The molecule has 2 rings (SSSR count). The van der Waals surface area contributed by atoms with E-state index in [0.717, 1.165) is 0 Å². The molecule has 0 radical (unpaired) electrons. The molecule has 0 aliphatic heterocycles. The average molecular weight is 275 g/mol. The molecule has 0 bridgehead atoms. The Morgan fingerprint density at radius 3 is 2.76 bits per heavy atom. The Morgan fingerprint density at radius 2 is 2.06 bits per heavy atom. The summed E-state index contributed by atoms with van der Waals surface area (Å²) in [5.41, 5.74) is 0. The first-order chi connectivity index (χ1) is 8.15. The van der Waals surface area contributed by atoms with Crippen molar-refractivity contribution < 1.29 is 4.52 Å². The molecular formula is C8H8Cl2N6O. The van der Waals surface area contributed by atoms with Gasteiger partial charge in [-0.2, -0.15) is 9.97 Å². The van der Waals surface area contributed by atoms with Crippen LogP contribution >= 0.6 is 23.2 Å². The fourth-order valence-corrected chi connectivity index (χ4v) is 1.40. The number of hydrogen-bond acceptors (Lipinski definition) is 7. The van der Waals surface area contributed by atoms with E-state index in [9.17, 15) is 0 Å². The van der Waals surface area contributed by atoms with E-state index in [1.807, 2.05) is 0 Å². The lowest BCUT2D eigenvalue weighted by Crippen LogP contribution is -2.08. The van der Waals surface area contributed by atoms with Gasteiger partial charge in [-0.1, -0.05) is 16.8 Å². The SMILES string of the molecule is Cc1noc(CCNc2nc(Cl)nnc2Cl)n1. The van der Waals surface area contributed by atoms with Gasteiger partial charge in [0.15, 0.2) is 16.8 Å². The van der Waals surface area contributed by atoms with Gasteiger partial charge >= 0.3 is 0 Å². The van der Waals surface area contributed by atoms with E-state index < -0.39 is 0 Å². The minimum Gasteiger partial charge on any atom is -0.367 e. The van der Waals surface area contributed by atoms with Gasteiger partial charge in [-0.3, -0.25) is 0 Å². The fourth-order valence-electron chi connectivity index (χ4n) is 1.14. The Hall–Kier alpha value is -1.47. The molecule has 0 aliphatic carbocycles. The van der Waals surface area contributed by atoms with Crippen LogP contribution in [0.2, 0.25) is 10.4 Å². The number of aromatic nitrogens is 5. The Kier molecular flexibility index (Phi) is 3.70. The molecule has 2 aromatic heterocycles. The second-order valence-electron chi connectivity index (χ2n) is 3.13. The van der Waals surface area contributed by atoms with Crippen LogP contribution in [0.5, 0.6) is 0 Å². The monoisotopic (exact) mass is 274 g/mol. The second kappa shape index (κ2) is 5.24. The lowest BCUT2D eigenvalue weighted by atomic mass is 10.4. The van der Waals surface area contributed by atoms with E-state index >= 15 is 0 Å². The van der Waals surface area contributed by atoms with Gasteiger partial charge in [0.05, 0.1) is 0 Å². The highest BCUT2D eigenvalue weighted by Crippen LogP contribution is 2.16. The van der Waals surface area contributed by atoms with Crippen LogP contribution in [0, 0.1) is 6.92 Å². The van der Waals surface area contributed by atoms with Crippen LogP contribution < -0.4 is 5.32 Å². The van der Waals surface area contributed by atoms with Gasteiger partial charge in [0.2, 0.25) is 11.2 Å². The summed E-state index contributed by atoms with van der Waals surface area (Å²) in [5.74, 6) is 1.52. The Balaban J connectivity index is 1.91. The van der Waals surface area contributed by atoms with E-state index in [1.54, 1.807) is 6.92 Å². The van der Waals surface area contributed by atoms with Crippen LogP contribution in [0.4, 0.5) is 5.82 Å². The first kappa shape index (κ1) is 12.0. The summed E-state index contributed by atoms with van der Waals surface area (Å²) in [6.45, 7) is 2.28. The quantitative estimate of drug-likeness (QED) is 0.904. The van der Waals surface area contributed by atoms with Crippen molar-refractivity contribution in [3.05, 3.63) is 22.2 Å². The van der Waals surface area contributed by atoms with Crippen molar-refractivity contribution in [3.63, 3.8) is 0 Å². The number of rotatable bonds is 4. The van der Waals surface area contributed by atoms with Crippen LogP contribution in [0.25, 0.3) is 0 Å². The van der Waals surface area contributed by atoms with Gasteiger partial charge in [0.25, 0.3) is 0 Å². The van der Waals surface area contributed by atoms with Crippen molar-refractivity contribution in [2.24, 2.45) is 0 Å². The van der Waals surface area contributed by atoms with E-state index in [2.05, 4.69) is 30.6 Å². The van der Waals surface area contributed by atoms with Gasteiger partial charge in [-0.05, 0) is 18.5 Å². The molecule has 1 N–H and O–H groups in total. The van der Waals surface area contributed by atoms with E-state index in [0.29, 0.717) is 30.5 Å². The normalized spacial score (nSPS) is 10.5. The fraction of sp³-hybridized carbons (Fsp3) is 0.375. The standard InChI is InChI=1S/C8H8Cl2N6O/c1-4-12-5(17-16-4)2-3-11-7-6(9)14-15-8(10)13-7/h2-3H2,1H3,(H,11,13,15). The molecule has 0 fully saturated rings. The first-order valence-electron chi connectivity index (χ1n) is 4.74. The number of aryl methyl sites for hydroxylation is 1. The highest BCUT2D eigenvalue weighted by atomic mass is 35.5. The second-order valence-corrected chi connectivity index (χ2v) is 3.83. The van der Waals surface area contributed by atoms with Gasteiger partial charge in [-0.25, -0.2) is 0 Å². The van der Waals surface area contributed by atoms with Crippen molar-refractivity contribution >= 4 is 29.0 Å². The maximum absolute atomic E-state index is 5.77. The third-order valence-electron chi connectivity index (χ3n) is 1.82. The third kappa shape index (κ3) is 3.24. The maximum atomic E-state index is 5.77. The Bertz CT molecular complexity index is 516. The molecule has 9 heteroatoms. The molecule has 17 heavy (non-hydrogen) atoms. The minimum absolute atomic E-state index is 0.0329. The molecule has 0 atom stereocenters. The summed E-state index contributed by atoms with van der Waals surface area (Å²) >= 11 is 11.4. The minimum atomic E-state index is 0.0329. The number of nitrogens with one attached hydrogen (secondary N) is 1. The molecule has 0 spiro atoms. The summed E-state index contributed by atoms with van der Waals surface area (Å²) in [5, 5.41) is 13.9. The zero-order valence-corrected chi connectivity index (χ0v) is 10.3. The average Bonchev–Trinajstić information content (AvgIpc) is 2.69. The largest absolute Gasteiger partial charge is 0.367 e. The predicted octanol–water partition coefficient (Wildman–Crippen LogP) is 1.52. The van der Waals surface area contributed by atoms with Crippen molar-refractivity contribution in [3.8, 4) is 0 Å². The topological polar surface area (TPSA) is 89.6 Å². The van der Waals surface area contributed by atoms with Crippen molar-refractivity contribution in [1.82, 2.24) is 25.3 Å². The molecule has 2 aromatic rings. The zero-order valence-electron chi connectivity index (χ0n) is 8.81. The van der Waals surface area contributed by atoms with E-state index in [1.165, 1.54) is 0 Å². The van der Waals surface area contributed by atoms with Crippen molar-refractivity contribution in [1.29, 1.82) is 0 Å². The van der Waals surface area contributed by atoms with E-state index in [-0.39, 0.29) is 10.4 Å². The predicted molar refractivity (Wildman–Crippen MR) is 61.1 cm³/mol.